The number of urea groups is 1. The first kappa shape index (κ1) is 31.2. The second kappa shape index (κ2) is 13.9. The highest BCUT2D eigenvalue weighted by Gasteiger charge is 2.43. The van der Waals surface area contributed by atoms with E-state index in [1.807, 2.05) is 58.0 Å². The molecule has 0 radical (unpaired) electrons. The lowest BCUT2D eigenvalue weighted by atomic mass is 9.94. The van der Waals surface area contributed by atoms with Crippen LogP contribution < -0.4 is 14.8 Å². The minimum Gasteiger partial charge on any atom is -0.497 e. The predicted octanol–water partition coefficient (Wildman–Crippen LogP) is 6.91. The Bertz CT molecular complexity index is 1420. The van der Waals surface area contributed by atoms with Crippen molar-refractivity contribution in [1.29, 1.82) is 0 Å². The van der Waals surface area contributed by atoms with Crippen LogP contribution in [0.2, 0.25) is 10.0 Å². The molecule has 1 aliphatic heterocycles. The summed E-state index contributed by atoms with van der Waals surface area (Å²) < 4.78 is 11.6. The van der Waals surface area contributed by atoms with E-state index in [1.165, 1.54) is 0 Å². The van der Waals surface area contributed by atoms with Gasteiger partial charge in [0.2, 0.25) is 5.91 Å². The lowest BCUT2D eigenvalue weighted by Crippen LogP contribution is -2.48. The number of hydrogen-bond acceptors (Lipinski definition) is 5. The summed E-state index contributed by atoms with van der Waals surface area (Å²) in [6, 6.07) is 18.7. The third-order valence-electron chi connectivity index (χ3n) is 7.01. The van der Waals surface area contributed by atoms with Crippen molar-refractivity contribution in [3.63, 3.8) is 0 Å². The van der Waals surface area contributed by atoms with E-state index >= 15 is 0 Å². The summed E-state index contributed by atoms with van der Waals surface area (Å²) in [7, 11) is 1.58. The van der Waals surface area contributed by atoms with Gasteiger partial charge in [0.1, 0.15) is 23.4 Å². The van der Waals surface area contributed by atoms with Crippen LogP contribution in [0.1, 0.15) is 56.5 Å². The van der Waals surface area contributed by atoms with Crippen molar-refractivity contribution >= 4 is 41.0 Å². The van der Waals surface area contributed by atoms with Gasteiger partial charge < -0.3 is 19.7 Å². The van der Waals surface area contributed by atoms with Crippen molar-refractivity contribution < 1.29 is 19.1 Å². The van der Waals surface area contributed by atoms with Gasteiger partial charge in [-0.15, -0.1) is 0 Å². The molecule has 42 heavy (non-hydrogen) atoms. The minimum absolute atomic E-state index is 0.147. The summed E-state index contributed by atoms with van der Waals surface area (Å²) in [6.45, 7) is 8.61. The molecule has 10 heteroatoms. The number of carbonyl (C=O) groups is 2. The molecule has 0 saturated carbocycles. The SMILES string of the molecule is CCN(CC)C(=O)CNC(=O)N1C(c2ccc(OC)cc2OC(C)C)=N[C@H](c2ccc(Cl)cc2)[C@@H]1c1ccc(Cl)cc1. The number of aliphatic imine (C=N–C) groups is 1. The number of methoxy groups -OCH3 is 1. The number of halogens is 2. The van der Waals surface area contributed by atoms with Gasteiger partial charge in [0.25, 0.3) is 0 Å². The van der Waals surface area contributed by atoms with Crippen molar-refractivity contribution in [2.24, 2.45) is 4.99 Å². The second-order valence-corrected chi connectivity index (χ2v) is 10.9. The van der Waals surface area contributed by atoms with Gasteiger partial charge in [0.15, 0.2) is 0 Å². The average Bonchev–Trinajstić information content (AvgIpc) is 3.37. The number of rotatable bonds is 10. The number of nitrogens with one attached hydrogen (secondary N) is 1. The molecular formula is C32H36Cl2N4O4. The maximum atomic E-state index is 14.1. The van der Waals surface area contributed by atoms with Gasteiger partial charge in [-0.05, 0) is 75.2 Å². The van der Waals surface area contributed by atoms with Crippen LogP contribution in [0.5, 0.6) is 11.5 Å². The van der Waals surface area contributed by atoms with Gasteiger partial charge in [-0.3, -0.25) is 14.7 Å². The summed E-state index contributed by atoms with van der Waals surface area (Å²) in [4.78, 5) is 35.4. The fourth-order valence-corrected chi connectivity index (χ4v) is 5.21. The predicted molar refractivity (Wildman–Crippen MR) is 167 cm³/mol. The summed E-state index contributed by atoms with van der Waals surface area (Å²) in [5.41, 5.74) is 2.31. The Morgan fingerprint density at radius 1 is 0.952 bits per heavy atom. The van der Waals surface area contributed by atoms with E-state index < -0.39 is 18.1 Å². The van der Waals surface area contributed by atoms with Crippen LogP contribution in [0.3, 0.4) is 0 Å². The largest absolute Gasteiger partial charge is 0.497 e. The molecule has 8 nitrogen and oxygen atoms in total. The highest BCUT2D eigenvalue weighted by Crippen LogP contribution is 2.45. The number of benzene rings is 3. The second-order valence-electron chi connectivity index (χ2n) is 10.1. The van der Waals surface area contributed by atoms with Gasteiger partial charge in [0, 0.05) is 29.2 Å². The first-order chi connectivity index (χ1) is 20.2. The molecule has 0 unspecified atom stereocenters. The molecule has 0 bridgehead atoms. The van der Waals surface area contributed by atoms with Crippen LogP contribution in [0.15, 0.2) is 71.7 Å². The van der Waals surface area contributed by atoms with Crippen molar-refractivity contribution in [1.82, 2.24) is 15.1 Å². The normalized spacial score (nSPS) is 16.3. The van der Waals surface area contributed by atoms with Gasteiger partial charge in [-0.25, -0.2) is 4.79 Å². The summed E-state index contributed by atoms with van der Waals surface area (Å²) >= 11 is 12.5. The van der Waals surface area contributed by atoms with Crippen LogP contribution in [0, 0.1) is 0 Å². The molecule has 1 aliphatic rings. The maximum absolute atomic E-state index is 14.1. The molecule has 0 aliphatic carbocycles. The zero-order valence-electron chi connectivity index (χ0n) is 24.4. The van der Waals surface area contributed by atoms with E-state index in [9.17, 15) is 9.59 Å². The molecule has 2 atom stereocenters. The third-order valence-corrected chi connectivity index (χ3v) is 7.51. The molecule has 0 aromatic heterocycles. The number of nitrogens with zero attached hydrogens (tertiary/aromatic N) is 3. The highest BCUT2D eigenvalue weighted by molar-refractivity contribution is 6.30. The van der Waals surface area contributed by atoms with Crippen LogP contribution in [0.25, 0.3) is 0 Å². The average molecular weight is 612 g/mol. The number of likely N-dealkylation sites (N-methyl/N-ethyl adjacent to an activating group) is 1. The number of amidine groups is 1. The van der Waals surface area contributed by atoms with Crippen LogP contribution >= 0.6 is 23.2 Å². The molecule has 3 aromatic rings. The van der Waals surface area contributed by atoms with E-state index in [0.29, 0.717) is 46.0 Å². The van der Waals surface area contributed by atoms with E-state index in [1.54, 1.807) is 53.3 Å². The molecule has 1 N–H and O–H groups in total. The van der Waals surface area contributed by atoms with Gasteiger partial charge in [-0.2, -0.15) is 0 Å². The van der Waals surface area contributed by atoms with E-state index in [-0.39, 0.29) is 18.6 Å². The number of carbonyl (C=O) groups excluding carboxylic acids is 2. The van der Waals surface area contributed by atoms with Crippen molar-refractivity contribution in [3.8, 4) is 11.5 Å². The molecular weight excluding hydrogens is 575 g/mol. The maximum Gasteiger partial charge on any atom is 0.324 e. The standard InChI is InChI=1S/C32H36Cl2N4O4/c1-6-37(7-2)28(39)19-35-32(40)38-30(22-10-14-24(34)15-11-22)29(21-8-12-23(33)13-9-21)36-31(38)26-17-16-25(41-5)18-27(26)42-20(3)4/h8-18,20,29-30H,6-7,19H2,1-5H3,(H,35,40)/t29-,30+/m1/s1. The lowest BCUT2D eigenvalue weighted by Gasteiger charge is -2.30. The number of hydrogen-bond donors (Lipinski definition) is 1. The van der Waals surface area contributed by atoms with Gasteiger partial charge in [0.05, 0.1) is 31.4 Å². The molecule has 222 valence electrons. The summed E-state index contributed by atoms with van der Waals surface area (Å²) in [5.74, 6) is 1.36. The van der Waals surface area contributed by atoms with E-state index in [4.69, 9.17) is 37.7 Å². The molecule has 0 saturated heterocycles. The van der Waals surface area contributed by atoms with Crippen LogP contribution in [-0.4, -0.2) is 60.4 Å². The molecule has 1 heterocycles. The molecule has 3 amide bonds. The quantitative estimate of drug-likeness (QED) is 0.270. The Kier molecular flexibility index (Phi) is 10.4. The van der Waals surface area contributed by atoms with Gasteiger partial charge in [-0.1, -0.05) is 47.5 Å². The molecule has 0 fully saturated rings. The molecule has 0 spiro atoms. The van der Waals surface area contributed by atoms with E-state index in [2.05, 4.69) is 5.32 Å². The van der Waals surface area contributed by atoms with Crippen molar-refractivity contribution in [3.05, 3.63) is 93.5 Å². The zero-order valence-corrected chi connectivity index (χ0v) is 25.9. The van der Waals surface area contributed by atoms with E-state index in [0.717, 1.165) is 11.1 Å². The number of ether oxygens (including phenoxy) is 2. The topological polar surface area (TPSA) is 83.5 Å². The first-order valence-corrected chi connectivity index (χ1v) is 14.7. The lowest BCUT2D eigenvalue weighted by molar-refractivity contribution is -0.129. The first-order valence-electron chi connectivity index (χ1n) is 13.9. The Labute approximate surface area is 257 Å². The third kappa shape index (κ3) is 6.99. The Hall–Kier alpha value is -3.75. The van der Waals surface area contributed by atoms with Crippen LogP contribution in [0.4, 0.5) is 4.79 Å². The smallest absolute Gasteiger partial charge is 0.324 e. The Morgan fingerprint density at radius 3 is 2.10 bits per heavy atom. The van der Waals surface area contributed by atoms with Crippen molar-refractivity contribution in [2.45, 2.75) is 45.9 Å². The summed E-state index contributed by atoms with van der Waals surface area (Å²) in [6.07, 6.45) is -0.147. The Morgan fingerprint density at radius 2 is 1.55 bits per heavy atom. The number of amides is 3. The highest BCUT2D eigenvalue weighted by atomic mass is 35.5. The van der Waals surface area contributed by atoms with Crippen LogP contribution in [-0.2, 0) is 4.79 Å². The monoisotopic (exact) mass is 610 g/mol. The Balaban J connectivity index is 1.87. The molecule has 3 aromatic carbocycles. The van der Waals surface area contributed by atoms with Crippen molar-refractivity contribution in [2.75, 3.05) is 26.7 Å². The minimum atomic E-state index is -0.559. The van der Waals surface area contributed by atoms with Gasteiger partial charge >= 0.3 is 6.03 Å². The molecule has 4 rings (SSSR count). The zero-order chi connectivity index (χ0) is 30.4. The summed E-state index contributed by atoms with van der Waals surface area (Å²) in [5, 5.41) is 4.02. The fourth-order valence-electron chi connectivity index (χ4n) is 4.96. The fraction of sp³-hybridized carbons (Fsp3) is 0.344.